The molecule has 1 fully saturated rings. The molecule has 1 aliphatic rings. The molecule has 1 amide bonds. The number of rotatable bonds is 3. The summed E-state index contributed by atoms with van der Waals surface area (Å²) in [5.41, 5.74) is 0.819. The molecule has 8 heteroatoms. The van der Waals surface area contributed by atoms with Gasteiger partial charge in [-0.3, -0.25) is 10.1 Å². The van der Waals surface area contributed by atoms with Gasteiger partial charge >= 0.3 is 5.97 Å². The summed E-state index contributed by atoms with van der Waals surface area (Å²) in [4.78, 5) is 22.6. The highest BCUT2D eigenvalue weighted by Crippen LogP contribution is 2.31. The maximum absolute atomic E-state index is 11.6. The minimum absolute atomic E-state index is 0.0999. The Morgan fingerprint density at radius 3 is 2.70 bits per heavy atom. The zero-order valence-corrected chi connectivity index (χ0v) is 13.0. The fraction of sp³-hybridized carbons (Fsp3) is 0. The molecule has 0 spiro atoms. The van der Waals surface area contributed by atoms with E-state index in [1.807, 2.05) is 0 Å². The summed E-state index contributed by atoms with van der Waals surface area (Å²) >= 11 is 10.9. The zero-order chi connectivity index (χ0) is 16.6. The summed E-state index contributed by atoms with van der Waals surface area (Å²) in [5.74, 6) is -0.610. The average molecular weight is 349 g/mol. The van der Waals surface area contributed by atoms with Crippen LogP contribution in [0.3, 0.4) is 0 Å². The van der Waals surface area contributed by atoms with Crippen molar-refractivity contribution in [3.05, 3.63) is 52.4 Å². The van der Waals surface area contributed by atoms with Crippen molar-refractivity contribution in [3.63, 3.8) is 0 Å². The number of hydrogen-bond acceptors (Lipinski definition) is 4. The van der Waals surface area contributed by atoms with Crippen LogP contribution in [0, 0.1) is 0 Å². The van der Waals surface area contributed by atoms with Crippen LogP contribution in [-0.2, 0) is 4.79 Å². The third-order valence-electron chi connectivity index (χ3n) is 3.11. The lowest BCUT2D eigenvalue weighted by Gasteiger charge is -2.02. The van der Waals surface area contributed by atoms with E-state index < -0.39 is 5.97 Å². The lowest BCUT2D eigenvalue weighted by molar-refractivity contribution is -0.115. The van der Waals surface area contributed by atoms with Crippen LogP contribution in [-0.4, -0.2) is 22.1 Å². The molecule has 2 aromatic rings. The molecule has 0 aliphatic carbocycles. The van der Waals surface area contributed by atoms with Gasteiger partial charge in [-0.2, -0.15) is 0 Å². The van der Waals surface area contributed by atoms with E-state index in [1.165, 1.54) is 24.3 Å². The van der Waals surface area contributed by atoms with Crippen LogP contribution >= 0.6 is 23.8 Å². The van der Waals surface area contributed by atoms with Gasteiger partial charge in [0.05, 0.1) is 10.6 Å². The highest BCUT2D eigenvalue weighted by Gasteiger charge is 2.20. The molecule has 1 aromatic heterocycles. The van der Waals surface area contributed by atoms with Crippen LogP contribution in [0.4, 0.5) is 0 Å². The highest BCUT2D eigenvalue weighted by molar-refractivity contribution is 7.80. The quantitative estimate of drug-likeness (QED) is 0.583. The summed E-state index contributed by atoms with van der Waals surface area (Å²) in [6.45, 7) is 0. The van der Waals surface area contributed by atoms with Gasteiger partial charge in [0.15, 0.2) is 5.11 Å². The molecule has 0 unspecified atom stereocenters. The maximum Gasteiger partial charge on any atom is 0.335 e. The first-order valence-corrected chi connectivity index (χ1v) is 7.20. The van der Waals surface area contributed by atoms with Gasteiger partial charge in [-0.05, 0) is 42.5 Å². The van der Waals surface area contributed by atoms with E-state index in [1.54, 1.807) is 12.1 Å². The molecule has 0 saturated carbocycles. The van der Waals surface area contributed by atoms with Gasteiger partial charge in [0.1, 0.15) is 17.2 Å². The second-order valence-corrected chi connectivity index (χ2v) is 5.48. The minimum atomic E-state index is -1.06. The molecule has 116 valence electrons. The number of furan rings is 1. The average Bonchev–Trinajstić information content (AvgIpc) is 3.06. The summed E-state index contributed by atoms with van der Waals surface area (Å²) in [5, 5.41) is 14.8. The van der Waals surface area contributed by atoms with Gasteiger partial charge in [0.25, 0.3) is 5.91 Å². The number of aromatic carboxylic acids is 1. The molecular weight excluding hydrogens is 340 g/mol. The Morgan fingerprint density at radius 2 is 2.04 bits per heavy atom. The Balaban J connectivity index is 1.95. The van der Waals surface area contributed by atoms with Gasteiger partial charge in [0, 0.05) is 11.6 Å². The normalized spacial score (nSPS) is 15.6. The third kappa shape index (κ3) is 3.10. The first-order valence-electron chi connectivity index (χ1n) is 6.41. The molecule has 6 nitrogen and oxygen atoms in total. The highest BCUT2D eigenvalue weighted by atomic mass is 35.5. The number of thiocarbonyl (C=S) groups is 1. The number of carbonyl (C=O) groups is 2. The maximum atomic E-state index is 11.6. The van der Waals surface area contributed by atoms with E-state index in [2.05, 4.69) is 10.6 Å². The first kappa shape index (κ1) is 15.3. The Hall–Kier alpha value is -2.64. The number of amides is 1. The summed E-state index contributed by atoms with van der Waals surface area (Å²) in [6.07, 6.45) is 1.49. The SMILES string of the molecule is O=C1NC(=S)N/C1=C/c1ccc(-c2cc(C(=O)O)ccc2Cl)o1. The molecule has 3 N–H and O–H groups in total. The van der Waals surface area contributed by atoms with E-state index in [0.717, 1.165) is 0 Å². The van der Waals surface area contributed by atoms with Crippen molar-refractivity contribution >= 4 is 46.9 Å². The van der Waals surface area contributed by atoms with Crippen LogP contribution in [0.25, 0.3) is 17.4 Å². The Bertz CT molecular complexity index is 872. The van der Waals surface area contributed by atoms with Gasteiger partial charge in [-0.1, -0.05) is 11.6 Å². The van der Waals surface area contributed by atoms with E-state index in [0.29, 0.717) is 22.1 Å². The van der Waals surface area contributed by atoms with Gasteiger partial charge in [0.2, 0.25) is 0 Å². The smallest absolute Gasteiger partial charge is 0.335 e. The van der Waals surface area contributed by atoms with Crippen molar-refractivity contribution in [3.8, 4) is 11.3 Å². The molecular formula is C15H9ClN2O4S. The van der Waals surface area contributed by atoms with Crippen molar-refractivity contribution < 1.29 is 19.1 Å². The number of benzene rings is 1. The predicted octanol–water partition coefficient (Wildman–Crippen LogP) is 2.64. The van der Waals surface area contributed by atoms with Crippen LogP contribution in [0.2, 0.25) is 5.02 Å². The van der Waals surface area contributed by atoms with Crippen molar-refractivity contribution in [2.45, 2.75) is 0 Å². The van der Waals surface area contributed by atoms with Gasteiger partial charge < -0.3 is 14.8 Å². The molecule has 23 heavy (non-hydrogen) atoms. The second kappa shape index (κ2) is 5.86. The number of carboxylic acid groups (broad SMARTS) is 1. The van der Waals surface area contributed by atoms with Crippen LogP contribution < -0.4 is 10.6 Å². The molecule has 0 bridgehead atoms. The first-order chi connectivity index (χ1) is 10.9. The standard InChI is InChI=1S/C15H9ClN2O4S/c16-10-3-1-7(14(20)21)5-9(10)12-4-2-8(22-12)6-11-13(19)18-15(23)17-11/h1-6H,(H,20,21)(H2,17,18,19,23)/b11-6+. The summed E-state index contributed by atoms with van der Waals surface area (Å²) in [7, 11) is 0. The molecule has 0 atom stereocenters. The molecule has 1 saturated heterocycles. The second-order valence-electron chi connectivity index (χ2n) is 4.67. The van der Waals surface area contributed by atoms with Gasteiger partial charge in [-0.25, -0.2) is 4.79 Å². The largest absolute Gasteiger partial charge is 0.478 e. The van der Waals surface area contributed by atoms with Crippen LogP contribution in [0.5, 0.6) is 0 Å². The number of hydrogen-bond donors (Lipinski definition) is 3. The molecule has 2 heterocycles. The topological polar surface area (TPSA) is 91.6 Å². The molecule has 3 rings (SSSR count). The van der Waals surface area contributed by atoms with Crippen LogP contribution in [0.1, 0.15) is 16.1 Å². The summed E-state index contributed by atoms with van der Waals surface area (Å²) in [6, 6.07) is 7.61. The lowest BCUT2D eigenvalue weighted by atomic mass is 10.1. The Labute approximate surface area is 140 Å². The number of carboxylic acids is 1. The zero-order valence-electron chi connectivity index (χ0n) is 11.4. The molecule has 1 aliphatic heterocycles. The van der Waals surface area contributed by atoms with Crippen molar-refractivity contribution in [1.29, 1.82) is 0 Å². The monoisotopic (exact) mass is 348 g/mol. The Morgan fingerprint density at radius 1 is 1.26 bits per heavy atom. The van der Waals surface area contributed by atoms with Gasteiger partial charge in [-0.15, -0.1) is 0 Å². The molecule has 0 radical (unpaired) electrons. The number of carbonyl (C=O) groups excluding carboxylic acids is 1. The number of halogens is 1. The van der Waals surface area contributed by atoms with E-state index >= 15 is 0 Å². The number of nitrogens with one attached hydrogen (secondary N) is 2. The van der Waals surface area contributed by atoms with Crippen LogP contribution in [0.15, 0.2) is 40.4 Å². The van der Waals surface area contributed by atoms with E-state index in [4.69, 9.17) is 33.3 Å². The minimum Gasteiger partial charge on any atom is -0.478 e. The fourth-order valence-corrected chi connectivity index (χ4v) is 2.46. The van der Waals surface area contributed by atoms with E-state index in [9.17, 15) is 9.59 Å². The van der Waals surface area contributed by atoms with Crippen molar-refractivity contribution in [2.75, 3.05) is 0 Å². The predicted molar refractivity (Wildman–Crippen MR) is 88.0 cm³/mol. The lowest BCUT2D eigenvalue weighted by Crippen LogP contribution is -2.21. The van der Waals surface area contributed by atoms with Crippen molar-refractivity contribution in [1.82, 2.24) is 10.6 Å². The van der Waals surface area contributed by atoms with Crippen molar-refractivity contribution in [2.24, 2.45) is 0 Å². The summed E-state index contributed by atoms with van der Waals surface area (Å²) < 4.78 is 5.61. The van der Waals surface area contributed by atoms with E-state index in [-0.39, 0.29) is 22.3 Å². The Kier molecular flexibility index (Phi) is 3.89. The molecule has 1 aromatic carbocycles. The fourth-order valence-electron chi connectivity index (χ4n) is 2.05. The third-order valence-corrected chi connectivity index (χ3v) is 3.65.